The van der Waals surface area contributed by atoms with Gasteiger partial charge in [0.25, 0.3) is 0 Å². The van der Waals surface area contributed by atoms with E-state index < -0.39 is 11.2 Å². The smallest absolute Gasteiger partial charge is 0.165 e. The van der Waals surface area contributed by atoms with Crippen LogP contribution in [0.15, 0.2) is 11.1 Å². The van der Waals surface area contributed by atoms with Crippen molar-refractivity contribution in [3.8, 4) is 0 Å². The van der Waals surface area contributed by atoms with Crippen LogP contribution in [-0.4, -0.2) is 17.7 Å². The first-order valence-electron chi connectivity index (χ1n) is 2.78. The summed E-state index contributed by atoms with van der Waals surface area (Å²) < 4.78 is 35.0. The molecule has 0 aromatic heterocycles. The van der Waals surface area contributed by atoms with E-state index in [1.807, 2.05) is 0 Å². The minimum atomic E-state index is -4.40. The molecular formula is C6H7ClF3S. The standard InChI is InChI=1S/C6H7ClF3S/c1-2-11-4-3-5(7)6(8,9)10/h3H,1-2,4H2. The molecule has 0 nitrogen and oxygen atoms in total. The van der Waals surface area contributed by atoms with Gasteiger partial charge in [-0.05, 0) is 12.7 Å². The van der Waals surface area contributed by atoms with Crippen LogP contribution >= 0.6 is 23.4 Å². The summed E-state index contributed by atoms with van der Waals surface area (Å²) in [4.78, 5) is 0. The molecule has 0 amide bonds. The predicted molar refractivity (Wildman–Crippen MR) is 42.7 cm³/mol. The van der Waals surface area contributed by atoms with E-state index in [9.17, 15) is 13.2 Å². The number of alkyl halides is 3. The molecule has 0 aliphatic carbocycles. The van der Waals surface area contributed by atoms with Crippen molar-refractivity contribution in [2.75, 3.05) is 11.5 Å². The molecule has 0 aromatic rings. The Kier molecular flexibility index (Phi) is 5.01. The third-order valence-corrected chi connectivity index (χ3v) is 1.86. The monoisotopic (exact) mass is 203 g/mol. The first-order chi connectivity index (χ1) is 4.98. The lowest BCUT2D eigenvalue weighted by molar-refractivity contribution is -0.0846. The van der Waals surface area contributed by atoms with Crippen LogP contribution in [0.4, 0.5) is 13.2 Å². The van der Waals surface area contributed by atoms with E-state index in [-0.39, 0.29) is 5.75 Å². The maximum Gasteiger partial charge on any atom is 0.426 e. The highest BCUT2D eigenvalue weighted by atomic mass is 35.5. The summed E-state index contributed by atoms with van der Waals surface area (Å²) in [7, 11) is 0. The zero-order valence-electron chi connectivity index (χ0n) is 5.62. The van der Waals surface area contributed by atoms with Crippen LogP contribution in [0.5, 0.6) is 0 Å². The van der Waals surface area contributed by atoms with Gasteiger partial charge < -0.3 is 0 Å². The Balaban J connectivity index is 3.81. The molecule has 65 valence electrons. The first-order valence-corrected chi connectivity index (χ1v) is 4.31. The molecular weight excluding hydrogens is 197 g/mol. The van der Waals surface area contributed by atoms with Crippen molar-refractivity contribution in [2.24, 2.45) is 0 Å². The lowest BCUT2D eigenvalue weighted by Crippen LogP contribution is -2.07. The van der Waals surface area contributed by atoms with Crippen molar-refractivity contribution < 1.29 is 13.2 Å². The molecule has 0 saturated heterocycles. The second kappa shape index (κ2) is 4.93. The Labute approximate surface area is 72.8 Å². The third-order valence-electron chi connectivity index (χ3n) is 0.796. The van der Waals surface area contributed by atoms with E-state index in [2.05, 4.69) is 6.92 Å². The highest BCUT2D eigenvalue weighted by Crippen LogP contribution is 2.28. The summed E-state index contributed by atoms with van der Waals surface area (Å²) >= 11 is 6.18. The molecule has 0 bridgehead atoms. The summed E-state index contributed by atoms with van der Waals surface area (Å²) in [6.45, 7) is 3.45. The normalized spacial score (nSPS) is 13.7. The number of thioether (sulfide) groups is 1. The summed E-state index contributed by atoms with van der Waals surface area (Å²) in [6.07, 6.45) is -3.46. The van der Waals surface area contributed by atoms with Crippen LogP contribution in [0.2, 0.25) is 0 Å². The average Bonchev–Trinajstić information content (AvgIpc) is 1.86. The second-order valence-electron chi connectivity index (χ2n) is 1.62. The van der Waals surface area contributed by atoms with E-state index in [1.165, 1.54) is 11.8 Å². The van der Waals surface area contributed by atoms with Crippen LogP contribution in [0.1, 0.15) is 0 Å². The molecule has 0 heterocycles. The molecule has 0 aliphatic rings. The van der Waals surface area contributed by atoms with Crippen molar-refractivity contribution in [3.05, 3.63) is 18.0 Å². The Morgan fingerprint density at radius 1 is 1.55 bits per heavy atom. The molecule has 5 heteroatoms. The third kappa shape index (κ3) is 5.44. The van der Waals surface area contributed by atoms with Gasteiger partial charge in [-0.15, -0.1) is 0 Å². The molecule has 0 rings (SSSR count). The van der Waals surface area contributed by atoms with Gasteiger partial charge in [0, 0.05) is 5.75 Å². The zero-order chi connectivity index (χ0) is 8.91. The fourth-order valence-electron chi connectivity index (χ4n) is 0.331. The molecule has 11 heavy (non-hydrogen) atoms. The zero-order valence-corrected chi connectivity index (χ0v) is 7.19. The highest BCUT2D eigenvalue weighted by molar-refractivity contribution is 7.99. The fourth-order valence-corrected chi connectivity index (χ4v) is 0.951. The Hall–Kier alpha value is 0.170. The van der Waals surface area contributed by atoms with Crippen molar-refractivity contribution in [2.45, 2.75) is 6.18 Å². The van der Waals surface area contributed by atoms with Crippen LogP contribution in [0.3, 0.4) is 0 Å². The molecule has 0 saturated carbocycles. The van der Waals surface area contributed by atoms with Gasteiger partial charge in [-0.1, -0.05) is 17.7 Å². The van der Waals surface area contributed by atoms with Crippen LogP contribution < -0.4 is 0 Å². The van der Waals surface area contributed by atoms with Gasteiger partial charge in [0.05, 0.1) is 0 Å². The molecule has 1 radical (unpaired) electrons. The Morgan fingerprint density at radius 3 is 2.45 bits per heavy atom. The van der Waals surface area contributed by atoms with Gasteiger partial charge in [-0.2, -0.15) is 24.9 Å². The van der Waals surface area contributed by atoms with Gasteiger partial charge in [0.15, 0.2) is 0 Å². The minimum Gasteiger partial charge on any atom is -0.165 e. The van der Waals surface area contributed by atoms with Crippen molar-refractivity contribution in [1.29, 1.82) is 0 Å². The number of allylic oxidation sites excluding steroid dienone is 1. The minimum absolute atomic E-state index is 0.252. The second-order valence-corrected chi connectivity index (χ2v) is 3.18. The molecule has 0 atom stereocenters. The van der Waals surface area contributed by atoms with Crippen LogP contribution in [0.25, 0.3) is 0 Å². The molecule has 0 aromatic carbocycles. The lowest BCUT2D eigenvalue weighted by atomic mass is 10.5. The van der Waals surface area contributed by atoms with Crippen LogP contribution in [-0.2, 0) is 0 Å². The fraction of sp³-hybridized carbons (Fsp3) is 0.500. The van der Waals surface area contributed by atoms with Crippen molar-refractivity contribution in [3.63, 3.8) is 0 Å². The topological polar surface area (TPSA) is 0 Å². The van der Waals surface area contributed by atoms with Gasteiger partial charge in [0.1, 0.15) is 5.03 Å². The predicted octanol–water partition coefficient (Wildman–Crippen LogP) is 3.24. The maximum atomic E-state index is 11.7. The molecule has 0 unspecified atom stereocenters. The number of hydrogen-bond acceptors (Lipinski definition) is 1. The highest BCUT2D eigenvalue weighted by Gasteiger charge is 2.31. The van der Waals surface area contributed by atoms with E-state index >= 15 is 0 Å². The summed E-state index contributed by atoms with van der Waals surface area (Å²) in [5, 5.41) is -1.06. The van der Waals surface area contributed by atoms with E-state index in [0.717, 1.165) is 6.08 Å². The summed E-state index contributed by atoms with van der Waals surface area (Å²) in [5.41, 5.74) is 0. The van der Waals surface area contributed by atoms with Crippen molar-refractivity contribution in [1.82, 2.24) is 0 Å². The Morgan fingerprint density at radius 2 is 2.09 bits per heavy atom. The quantitative estimate of drug-likeness (QED) is 0.635. The summed E-state index contributed by atoms with van der Waals surface area (Å²) in [6, 6.07) is 0. The Bertz CT molecular complexity index is 141. The molecule has 0 spiro atoms. The van der Waals surface area contributed by atoms with Gasteiger partial charge >= 0.3 is 6.18 Å². The SMILES string of the molecule is [CH2]CSCC=C(Cl)C(F)(F)F. The lowest BCUT2D eigenvalue weighted by Gasteiger charge is -2.02. The van der Waals surface area contributed by atoms with E-state index in [0.29, 0.717) is 5.75 Å². The van der Waals surface area contributed by atoms with Gasteiger partial charge in [0.2, 0.25) is 0 Å². The number of hydrogen-bond donors (Lipinski definition) is 0. The first kappa shape index (κ1) is 11.2. The summed E-state index contributed by atoms with van der Waals surface area (Å²) in [5.74, 6) is 0.792. The number of rotatable bonds is 3. The van der Waals surface area contributed by atoms with Crippen molar-refractivity contribution >= 4 is 23.4 Å². The maximum absolute atomic E-state index is 11.7. The molecule has 0 N–H and O–H groups in total. The van der Waals surface area contributed by atoms with Gasteiger partial charge in [-0.3, -0.25) is 0 Å². The molecule has 0 aliphatic heterocycles. The largest absolute Gasteiger partial charge is 0.426 e. The van der Waals surface area contributed by atoms with Gasteiger partial charge in [-0.25, -0.2) is 0 Å². The average molecular weight is 204 g/mol. The van der Waals surface area contributed by atoms with Crippen LogP contribution in [0, 0.1) is 6.92 Å². The molecule has 0 fully saturated rings. The number of halogens is 4. The van der Waals surface area contributed by atoms with E-state index in [4.69, 9.17) is 11.6 Å². The van der Waals surface area contributed by atoms with E-state index in [1.54, 1.807) is 0 Å².